The van der Waals surface area contributed by atoms with E-state index >= 15 is 0 Å². The van der Waals surface area contributed by atoms with Gasteiger partial charge in [0.25, 0.3) is 0 Å². The van der Waals surface area contributed by atoms with Crippen molar-refractivity contribution < 1.29 is 0 Å². The molecule has 1 aliphatic rings. The van der Waals surface area contributed by atoms with Gasteiger partial charge in [-0.25, -0.2) is 0 Å². The second kappa shape index (κ2) is 13.5. The Kier molecular flexibility index (Phi) is 9.84. The molecule has 2 aromatic heterocycles. The van der Waals surface area contributed by atoms with Crippen molar-refractivity contribution in [3.63, 3.8) is 0 Å². The van der Waals surface area contributed by atoms with E-state index in [1.807, 2.05) is 30.9 Å². The Morgan fingerprint density at radius 3 is 1.95 bits per heavy atom. The van der Waals surface area contributed by atoms with Crippen molar-refractivity contribution in [3.05, 3.63) is 119 Å². The van der Waals surface area contributed by atoms with Crippen molar-refractivity contribution in [2.24, 2.45) is 0 Å². The molecule has 39 heavy (non-hydrogen) atoms. The van der Waals surface area contributed by atoms with E-state index < -0.39 is 0 Å². The zero-order valence-corrected chi connectivity index (χ0v) is 24.4. The van der Waals surface area contributed by atoms with E-state index in [0.29, 0.717) is 17.8 Å². The molecule has 3 nitrogen and oxygen atoms in total. The van der Waals surface area contributed by atoms with Crippen molar-refractivity contribution >= 4 is 21.5 Å². The smallest absolute Gasteiger partial charge is 0.0346 e. The van der Waals surface area contributed by atoms with Gasteiger partial charge in [0, 0.05) is 42.1 Å². The molecule has 1 N–H and O–H groups in total. The third-order valence-electron chi connectivity index (χ3n) is 7.46. The van der Waals surface area contributed by atoms with Gasteiger partial charge in [0.15, 0.2) is 0 Å². The zero-order chi connectivity index (χ0) is 27.8. The van der Waals surface area contributed by atoms with Crippen LogP contribution in [0.1, 0.15) is 87.1 Å². The summed E-state index contributed by atoms with van der Waals surface area (Å²) in [6, 6.07) is 23.6. The van der Waals surface area contributed by atoms with E-state index in [-0.39, 0.29) is 0 Å². The average molecular weight is 518 g/mol. The fraction of sp³-hybridized carbons (Fsp3) is 0.333. The van der Waals surface area contributed by atoms with Crippen LogP contribution in [0.25, 0.3) is 21.5 Å². The van der Waals surface area contributed by atoms with Gasteiger partial charge < -0.3 is 5.32 Å². The van der Waals surface area contributed by atoms with Gasteiger partial charge in [-0.2, -0.15) is 0 Å². The highest BCUT2D eigenvalue weighted by Crippen LogP contribution is 2.26. The normalized spacial score (nSPS) is 12.6. The molecular weight excluding hydrogens is 474 g/mol. The number of rotatable bonds is 3. The fourth-order valence-corrected chi connectivity index (χ4v) is 5.35. The van der Waals surface area contributed by atoms with Crippen LogP contribution >= 0.6 is 0 Å². The van der Waals surface area contributed by atoms with Crippen LogP contribution < -0.4 is 5.32 Å². The van der Waals surface area contributed by atoms with Crippen LogP contribution in [0.3, 0.4) is 0 Å². The van der Waals surface area contributed by atoms with Crippen LogP contribution in [-0.2, 0) is 13.0 Å². The Morgan fingerprint density at radius 2 is 1.21 bits per heavy atom. The van der Waals surface area contributed by atoms with E-state index in [0.717, 1.165) is 13.1 Å². The summed E-state index contributed by atoms with van der Waals surface area (Å²) in [5.74, 6) is 1.78. The summed E-state index contributed by atoms with van der Waals surface area (Å²) in [6.45, 7) is 15.6. The molecule has 0 radical (unpaired) electrons. The molecule has 6 rings (SSSR count). The van der Waals surface area contributed by atoms with Gasteiger partial charge in [-0.15, -0.1) is 0 Å². The van der Waals surface area contributed by atoms with Crippen molar-refractivity contribution in [2.75, 3.05) is 6.54 Å². The maximum atomic E-state index is 4.23. The first-order chi connectivity index (χ1) is 18.9. The monoisotopic (exact) mass is 517 g/mol. The minimum atomic E-state index is 0.540. The van der Waals surface area contributed by atoms with E-state index in [9.17, 15) is 0 Å². The van der Waals surface area contributed by atoms with E-state index in [2.05, 4.69) is 117 Å². The van der Waals surface area contributed by atoms with Gasteiger partial charge in [-0.3, -0.25) is 9.97 Å². The molecule has 202 valence electrons. The minimum absolute atomic E-state index is 0.540. The van der Waals surface area contributed by atoms with Gasteiger partial charge in [0.05, 0.1) is 0 Å². The molecule has 5 aromatic rings. The molecule has 3 aromatic carbocycles. The summed E-state index contributed by atoms with van der Waals surface area (Å²) in [6.07, 6.45) is 8.85. The SMILES string of the molecule is CC(C)c1cccc2c1CCNC2.CC(C)c1cccc2cnccc12.CC(C)c1cncc2ccccc12. The number of hydrogen-bond donors (Lipinski definition) is 1. The molecule has 0 saturated carbocycles. The first-order valence-corrected chi connectivity index (χ1v) is 14.3. The highest BCUT2D eigenvalue weighted by Gasteiger charge is 2.13. The molecule has 0 bridgehead atoms. The van der Waals surface area contributed by atoms with Gasteiger partial charge in [-0.1, -0.05) is 102 Å². The summed E-state index contributed by atoms with van der Waals surface area (Å²) >= 11 is 0. The lowest BCUT2D eigenvalue weighted by Gasteiger charge is -2.21. The third-order valence-corrected chi connectivity index (χ3v) is 7.46. The first kappa shape index (κ1) is 28.4. The standard InChI is InChI=1S/C12H17N.2C12H13N/c2*1-9(2)11-5-3-4-10-8-13-7-6-12(10)11;1-9(2)12-8-13-7-10-5-3-4-6-11(10)12/h3-5,9,13H,6-8H2,1-2H3;2*3-9H,1-2H3. The predicted octanol–water partition coefficient (Wildman–Crippen LogP) is 9.17. The Morgan fingerprint density at radius 1 is 0.590 bits per heavy atom. The molecule has 0 aliphatic carbocycles. The number of fused-ring (bicyclic) bond motifs is 3. The Bertz CT molecular complexity index is 1410. The van der Waals surface area contributed by atoms with Crippen molar-refractivity contribution in [2.45, 2.75) is 72.3 Å². The number of pyridine rings is 2. The first-order valence-electron chi connectivity index (χ1n) is 14.3. The lowest BCUT2D eigenvalue weighted by atomic mass is 9.90. The highest BCUT2D eigenvalue weighted by atomic mass is 14.9. The molecule has 0 fully saturated rings. The molecule has 3 heterocycles. The minimum Gasteiger partial charge on any atom is -0.312 e. The molecule has 0 spiro atoms. The van der Waals surface area contributed by atoms with Crippen molar-refractivity contribution in [3.8, 4) is 0 Å². The fourth-order valence-electron chi connectivity index (χ4n) is 5.35. The number of hydrogen-bond acceptors (Lipinski definition) is 3. The lowest BCUT2D eigenvalue weighted by molar-refractivity contribution is 0.634. The Labute approximate surface area is 234 Å². The average Bonchev–Trinajstić information content (AvgIpc) is 2.96. The zero-order valence-electron chi connectivity index (χ0n) is 24.4. The summed E-state index contributed by atoms with van der Waals surface area (Å²) in [5.41, 5.74) is 7.37. The number of aromatic nitrogens is 2. The van der Waals surface area contributed by atoms with Crippen LogP contribution in [0.2, 0.25) is 0 Å². The largest absolute Gasteiger partial charge is 0.312 e. The lowest BCUT2D eigenvalue weighted by Crippen LogP contribution is -2.24. The van der Waals surface area contributed by atoms with Crippen LogP contribution in [0.4, 0.5) is 0 Å². The Hall–Kier alpha value is -3.56. The second-order valence-corrected chi connectivity index (χ2v) is 11.3. The third kappa shape index (κ3) is 7.10. The second-order valence-electron chi connectivity index (χ2n) is 11.3. The molecular formula is C36H43N3. The maximum absolute atomic E-state index is 4.23. The maximum Gasteiger partial charge on any atom is 0.0346 e. The van der Waals surface area contributed by atoms with Gasteiger partial charge in [-0.05, 0) is 75.4 Å². The van der Waals surface area contributed by atoms with Crippen LogP contribution in [0, 0.1) is 0 Å². The number of benzene rings is 3. The molecule has 1 aliphatic heterocycles. The highest BCUT2D eigenvalue weighted by molar-refractivity contribution is 5.85. The molecule has 0 amide bonds. The summed E-state index contributed by atoms with van der Waals surface area (Å²) < 4.78 is 0. The van der Waals surface area contributed by atoms with Crippen LogP contribution in [-0.4, -0.2) is 16.5 Å². The summed E-state index contributed by atoms with van der Waals surface area (Å²) in [5, 5.41) is 8.52. The number of nitrogens with zero attached hydrogens (tertiary/aromatic N) is 2. The van der Waals surface area contributed by atoms with Gasteiger partial charge in [0.1, 0.15) is 0 Å². The molecule has 0 atom stereocenters. The van der Waals surface area contributed by atoms with Crippen molar-refractivity contribution in [1.82, 2.24) is 15.3 Å². The van der Waals surface area contributed by atoms with Crippen LogP contribution in [0.5, 0.6) is 0 Å². The predicted molar refractivity (Wildman–Crippen MR) is 168 cm³/mol. The molecule has 0 unspecified atom stereocenters. The quantitative estimate of drug-likeness (QED) is 0.259. The topological polar surface area (TPSA) is 37.8 Å². The summed E-state index contributed by atoms with van der Waals surface area (Å²) in [4.78, 5) is 8.35. The van der Waals surface area contributed by atoms with E-state index in [1.54, 1.807) is 11.1 Å². The Balaban J connectivity index is 0.000000136. The van der Waals surface area contributed by atoms with Gasteiger partial charge in [0.2, 0.25) is 0 Å². The van der Waals surface area contributed by atoms with Crippen molar-refractivity contribution in [1.29, 1.82) is 0 Å². The summed E-state index contributed by atoms with van der Waals surface area (Å²) in [7, 11) is 0. The van der Waals surface area contributed by atoms with Crippen LogP contribution in [0.15, 0.2) is 91.5 Å². The van der Waals surface area contributed by atoms with Gasteiger partial charge >= 0.3 is 0 Å². The number of nitrogens with one attached hydrogen (secondary N) is 1. The molecule has 3 heteroatoms. The van der Waals surface area contributed by atoms with E-state index in [4.69, 9.17) is 0 Å². The van der Waals surface area contributed by atoms with E-state index in [1.165, 1.54) is 44.7 Å². The molecule has 0 saturated heterocycles.